The molecule has 0 aromatic rings. The van der Waals surface area contributed by atoms with Gasteiger partial charge in [0, 0.05) is 29.8 Å². The number of carbonyl (C=O) groups excluding carboxylic acids is 1. The standard InChI is InChI=1S/C20H26FNOS/c1-5-8-16-18(24-4)11-12-22(13-14(6-2)17(21)7-3)19(16)20(23)15-9-10-15/h5-8,15,18-19H,1-3,9-13H2,4H3/b16-8+,17-14-. The van der Waals surface area contributed by atoms with Crippen LogP contribution in [-0.2, 0) is 4.79 Å². The fourth-order valence-corrected chi connectivity index (χ4v) is 4.07. The van der Waals surface area contributed by atoms with Gasteiger partial charge in [-0.2, -0.15) is 11.8 Å². The van der Waals surface area contributed by atoms with Crippen LogP contribution < -0.4 is 0 Å². The molecule has 2 rings (SSSR count). The topological polar surface area (TPSA) is 20.3 Å². The van der Waals surface area contributed by atoms with Crippen molar-refractivity contribution in [3.8, 4) is 0 Å². The van der Waals surface area contributed by atoms with Crippen LogP contribution in [0.25, 0.3) is 0 Å². The summed E-state index contributed by atoms with van der Waals surface area (Å²) in [6.07, 6.45) is 11.4. The lowest BCUT2D eigenvalue weighted by Gasteiger charge is -2.40. The van der Waals surface area contributed by atoms with Crippen molar-refractivity contribution >= 4 is 17.5 Å². The summed E-state index contributed by atoms with van der Waals surface area (Å²) < 4.78 is 14.0. The molecular weight excluding hydrogens is 321 g/mol. The molecule has 1 saturated heterocycles. The van der Waals surface area contributed by atoms with Gasteiger partial charge >= 0.3 is 0 Å². The van der Waals surface area contributed by atoms with E-state index >= 15 is 0 Å². The first-order chi connectivity index (χ1) is 11.6. The molecule has 0 amide bonds. The van der Waals surface area contributed by atoms with Gasteiger partial charge < -0.3 is 0 Å². The molecule has 2 atom stereocenters. The van der Waals surface area contributed by atoms with Crippen molar-refractivity contribution in [1.29, 1.82) is 0 Å². The van der Waals surface area contributed by atoms with E-state index in [4.69, 9.17) is 0 Å². The Hall–Kier alpha value is -1.39. The quantitative estimate of drug-likeness (QED) is 0.604. The molecule has 24 heavy (non-hydrogen) atoms. The summed E-state index contributed by atoms with van der Waals surface area (Å²) in [5.74, 6) is 0.0554. The zero-order chi connectivity index (χ0) is 17.7. The van der Waals surface area contributed by atoms with E-state index in [1.165, 1.54) is 12.2 Å². The van der Waals surface area contributed by atoms with Gasteiger partial charge in [0.15, 0.2) is 5.78 Å². The number of halogens is 1. The highest BCUT2D eigenvalue weighted by Crippen LogP contribution is 2.39. The van der Waals surface area contributed by atoms with Crippen molar-refractivity contribution in [2.45, 2.75) is 30.6 Å². The van der Waals surface area contributed by atoms with Gasteiger partial charge in [-0.3, -0.25) is 9.69 Å². The average molecular weight is 347 g/mol. The number of Topliss-reactive ketones (excluding diaryl/α,β-unsaturated/α-hetero) is 1. The number of likely N-dealkylation sites (tertiary alicyclic amines) is 1. The van der Waals surface area contributed by atoms with Crippen LogP contribution in [0, 0.1) is 5.92 Å². The highest BCUT2D eigenvalue weighted by Gasteiger charge is 2.43. The van der Waals surface area contributed by atoms with Gasteiger partial charge in [-0.15, -0.1) is 0 Å². The van der Waals surface area contributed by atoms with E-state index < -0.39 is 0 Å². The number of hydrogen-bond acceptors (Lipinski definition) is 3. The molecule has 2 fully saturated rings. The molecule has 0 aromatic heterocycles. The summed E-state index contributed by atoms with van der Waals surface area (Å²) in [7, 11) is 0. The fraction of sp³-hybridized carbons (Fsp3) is 0.450. The highest BCUT2D eigenvalue weighted by molar-refractivity contribution is 7.99. The van der Waals surface area contributed by atoms with Crippen LogP contribution >= 0.6 is 11.8 Å². The van der Waals surface area contributed by atoms with E-state index in [1.807, 2.05) is 6.08 Å². The van der Waals surface area contributed by atoms with Crippen LogP contribution in [0.3, 0.4) is 0 Å². The largest absolute Gasteiger partial charge is 0.297 e. The number of ketones is 1. The van der Waals surface area contributed by atoms with Gasteiger partial charge in [-0.25, -0.2) is 4.39 Å². The van der Waals surface area contributed by atoms with E-state index in [9.17, 15) is 9.18 Å². The van der Waals surface area contributed by atoms with E-state index in [-0.39, 0.29) is 23.6 Å². The second kappa shape index (κ2) is 8.63. The molecule has 130 valence electrons. The normalized spacial score (nSPS) is 27.5. The number of piperidine rings is 1. The van der Waals surface area contributed by atoms with E-state index in [2.05, 4.69) is 30.9 Å². The second-order valence-electron chi connectivity index (χ2n) is 6.25. The first kappa shape index (κ1) is 18.9. The smallest absolute Gasteiger partial charge is 0.157 e. The summed E-state index contributed by atoms with van der Waals surface area (Å²) in [6, 6.07) is -0.283. The Bertz CT molecular complexity index is 588. The Morgan fingerprint density at radius 1 is 1.29 bits per heavy atom. The third-order valence-electron chi connectivity index (χ3n) is 4.68. The van der Waals surface area contributed by atoms with Crippen molar-refractivity contribution in [2.75, 3.05) is 19.3 Å². The maximum absolute atomic E-state index is 14.0. The van der Waals surface area contributed by atoms with E-state index in [0.29, 0.717) is 17.4 Å². The number of hydrogen-bond donors (Lipinski definition) is 0. The zero-order valence-corrected chi connectivity index (χ0v) is 15.2. The summed E-state index contributed by atoms with van der Waals surface area (Å²) in [6.45, 7) is 12.1. The van der Waals surface area contributed by atoms with Crippen molar-refractivity contribution in [1.82, 2.24) is 4.90 Å². The van der Waals surface area contributed by atoms with Crippen molar-refractivity contribution < 1.29 is 9.18 Å². The van der Waals surface area contributed by atoms with Gasteiger partial charge in [0.25, 0.3) is 0 Å². The van der Waals surface area contributed by atoms with Crippen molar-refractivity contribution in [2.24, 2.45) is 5.92 Å². The predicted molar refractivity (Wildman–Crippen MR) is 102 cm³/mol. The molecule has 0 aromatic carbocycles. The molecule has 0 bridgehead atoms. The first-order valence-corrected chi connectivity index (χ1v) is 9.62. The van der Waals surface area contributed by atoms with Gasteiger partial charge in [-0.1, -0.05) is 38.0 Å². The number of nitrogens with zero attached hydrogens (tertiary/aromatic N) is 1. The molecule has 1 aliphatic carbocycles. The molecule has 2 aliphatic rings. The molecule has 2 nitrogen and oxygen atoms in total. The SMILES string of the molecule is C=C/C=C1\C(SC)CCN(C/C(C=C)=C(\F)C=C)C1C(=O)C1CC1. The summed E-state index contributed by atoms with van der Waals surface area (Å²) in [4.78, 5) is 15.0. The van der Waals surface area contributed by atoms with E-state index in [0.717, 1.165) is 31.4 Å². The van der Waals surface area contributed by atoms with Gasteiger partial charge in [0.1, 0.15) is 5.83 Å². The third-order valence-corrected chi connectivity index (χ3v) is 5.76. The molecular formula is C20H26FNOS. The van der Waals surface area contributed by atoms with Crippen LogP contribution in [0.15, 0.2) is 61.0 Å². The lowest BCUT2D eigenvalue weighted by molar-refractivity contribution is -0.124. The van der Waals surface area contributed by atoms with Crippen LogP contribution in [0.1, 0.15) is 19.3 Å². The number of rotatable bonds is 8. The lowest BCUT2D eigenvalue weighted by atomic mass is 9.89. The maximum atomic E-state index is 14.0. The van der Waals surface area contributed by atoms with Crippen molar-refractivity contribution in [3.63, 3.8) is 0 Å². The Kier molecular flexibility index (Phi) is 6.81. The van der Waals surface area contributed by atoms with Gasteiger partial charge in [0.05, 0.1) is 6.04 Å². The predicted octanol–water partition coefficient (Wildman–Crippen LogP) is 4.48. The lowest BCUT2D eigenvalue weighted by Crippen LogP contribution is -2.51. The first-order valence-electron chi connectivity index (χ1n) is 8.33. The van der Waals surface area contributed by atoms with Crippen molar-refractivity contribution in [3.05, 3.63) is 61.0 Å². The Balaban J connectivity index is 2.35. The summed E-state index contributed by atoms with van der Waals surface area (Å²) >= 11 is 1.77. The number of carbonyl (C=O) groups is 1. The summed E-state index contributed by atoms with van der Waals surface area (Å²) in [5.41, 5.74) is 1.59. The number of thioether (sulfide) groups is 1. The third kappa shape index (κ3) is 4.17. The molecule has 0 radical (unpaired) electrons. The molecule has 2 unspecified atom stereocenters. The molecule has 0 N–H and O–H groups in total. The Labute approximate surface area is 148 Å². The van der Waals surface area contributed by atoms with Crippen LogP contribution in [0.5, 0.6) is 0 Å². The van der Waals surface area contributed by atoms with Gasteiger partial charge in [-0.05, 0) is 37.2 Å². The Morgan fingerprint density at radius 2 is 2.00 bits per heavy atom. The monoisotopic (exact) mass is 347 g/mol. The minimum Gasteiger partial charge on any atom is -0.297 e. The molecule has 4 heteroatoms. The second-order valence-corrected chi connectivity index (χ2v) is 7.29. The van der Waals surface area contributed by atoms with E-state index in [1.54, 1.807) is 17.8 Å². The Morgan fingerprint density at radius 3 is 2.50 bits per heavy atom. The molecule has 0 spiro atoms. The highest BCUT2D eigenvalue weighted by atomic mass is 32.2. The maximum Gasteiger partial charge on any atom is 0.157 e. The van der Waals surface area contributed by atoms with Crippen LogP contribution in [0.2, 0.25) is 0 Å². The molecule has 1 saturated carbocycles. The zero-order valence-electron chi connectivity index (χ0n) is 14.3. The summed E-state index contributed by atoms with van der Waals surface area (Å²) in [5, 5.41) is 0.312. The fourth-order valence-electron chi connectivity index (χ4n) is 3.25. The minimum absolute atomic E-state index is 0.159. The van der Waals surface area contributed by atoms with Gasteiger partial charge in [0.2, 0.25) is 0 Å². The van der Waals surface area contributed by atoms with Crippen LogP contribution in [-0.4, -0.2) is 41.3 Å². The molecule has 1 heterocycles. The number of allylic oxidation sites excluding steroid dienone is 4. The van der Waals surface area contributed by atoms with Crippen LogP contribution in [0.4, 0.5) is 4.39 Å². The minimum atomic E-state index is -0.371. The molecule has 1 aliphatic heterocycles. The average Bonchev–Trinajstić information content (AvgIpc) is 3.43.